The lowest BCUT2D eigenvalue weighted by atomic mass is 9.92. The van der Waals surface area contributed by atoms with Crippen molar-refractivity contribution in [3.05, 3.63) is 119 Å². The molecule has 0 amide bonds. The molecule has 0 heterocycles. The van der Waals surface area contributed by atoms with Crippen LogP contribution in [0.2, 0.25) is 0 Å². The molecule has 0 saturated heterocycles. The van der Waals surface area contributed by atoms with Gasteiger partial charge in [0.25, 0.3) is 0 Å². The van der Waals surface area contributed by atoms with Crippen molar-refractivity contribution in [3.63, 3.8) is 0 Å². The first-order valence-electron chi connectivity index (χ1n) is 12.8. The molecular formula is C37H28O4. The molecule has 4 aromatic carbocycles. The first kappa shape index (κ1) is 28.3. The van der Waals surface area contributed by atoms with Gasteiger partial charge >= 0.3 is 0 Å². The van der Waals surface area contributed by atoms with E-state index >= 15 is 0 Å². The third-order valence-electron chi connectivity index (χ3n) is 6.18. The van der Waals surface area contributed by atoms with Crippen LogP contribution in [0.4, 0.5) is 0 Å². The third kappa shape index (κ3) is 8.15. The van der Waals surface area contributed by atoms with Crippen LogP contribution in [0.3, 0.4) is 0 Å². The van der Waals surface area contributed by atoms with E-state index in [1.54, 1.807) is 24.3 Å². The summed E-state index contributed by atoms with van der Waals surface area (Å²) < 4.78 is 25.1. The molecule has 4 nitrogen and oxygen atoms in total. The predicted octanol–water partition coefficient (Wildman–Crippen LogP) is 6.21. The molecule has 0 bridgehead atoms. The second kappa shape index (κ2) is 13.9. The van der Waals surface area contributed by atoms with E-state index in [0.717, 1.165) is 0 Å². The average Bonchev–Trinajstić information content (AvgIpc) is 3.04. The standard InChI is InChI=1S/C37H28O4/c1-5-29-13-9-17-33(21-29)38-25-37(26-39-34-18-10-14-30(6-2)22-34,27-40-35-19-11-15-31(7-3)23-35)28-41-36-20-12-16-32(8-4)24-36/h1-4,9-24H,25-28H2. The SMILES string of the molecule is C#Cc1cccc(OCC(COc2cccc(C#C)c2)(COc2cccc(C#C)c2)COc2cccc(C#C)c2)c1. The monoisotopic (exact) mass is 536 g/mol. The Kier molecular flexibility index (Phi) is 9.62. The zero-order chi connectivity index (χ0) is 28.9. The van der Waals surface area contributed by atoms with E-state index < -0.39 is 5.41 Å². The highest BCUT2D eigenvalue weighted by Crippen LogP contribution is 2.27. The molecule has 0 spiro atoms. The Bertz CT molecular complexity index is 1400. The summed E-state index contributed by atoms with van der Waals surface area (Å²) in [7, 11) is 0. The van der Waals surface area contributed by atoms with Crippen molar-refractivity contribution in [1.29, 1.82) is 0 Å². The summed E-state index contributed by atoms with van der Waals surface area (Å²) in [5.74, 6) is 13.0. The first-order valence-corrected chi connectivity index (χ1v) is 12.8. The summed E-state index contributed by atoms with van der Waals surface area (Å²) in [5, 5.41) is 0. The zero-order valence-corrected chi connectivity index (χ0v) is 22.5. The highest BCUT2D eigenvalue weighted by atomic mass is 16.5. The van der Waals surface area contributed by atoms with Crippen LogP contribution >= 0.6 is 0 Å². The molecule has 4 heteroatoms. The topological polar surface area (TPSA) is 36.9 Å². The zero-order valence-electron chi connectivity index (χ0n) is 22.5. The highest BCUT2D eigenvalue weighted by molar-refractivity contribution is 5.41. The van der Waals surface area contributed by atoms with Gasteiger partial charge < -0.3 is 18.9 Å². The molecule has 200 valence electrons. The van der Waals surface area contributed by atoms with Crippen LogP contribution in [0.15, 0.2) is 97.1 Å². The van der Waals surface area contributed by atoms with E-state index in [1.165, 1.54) is 0 Å². The van der Waals surface area contributed by atoms with Crippen molar-refractivity contribution in [2.75, 3.05) is 26.4 Å². The molecule has 4 rings (SSSR count). The molecule has 0 aromatic heterocycles. The highest BCUT2D eigenvalue weighted by Gasteiger charge is 2.36. The van der Waals surface area contributed by atoms with Gasteiger partial charge in [-0.25, -0.2) is 0 Å². The van der Waals surface area contributed by atoms with Gasteiger partial charge in [-0.1, -0.05) is 47.9 Å². The van der Waals surface area contributed by atoms with Crippen molar-refractivity contribution >= 4 is 0 Å². The molecule has 0 N–H and O–H groups in total. The molecule has 41 heavy (non-hydrogen) atoms. The molecule has 0 aliphatic rings. The lowest BCUT2D eigenvalue weighted by molar-refractivity contribution is -0.00352. The normalized spacial score (nSPS) is 10.2. The molecule has 0 atom stereocenters. The van der Waals surface area contributed by atoms with Crippen molar-refractivity contribution < 1.29 is 18.9 Å². The average molecular weight is 537 g/mol. The summed E-state index contributed by atoms with van der Waals surface area (Å²) >= 11 is 0. The molecule has 0 aliphatic carbocycles. The number of rotatable bonds is 12. The van der Waals surface area contributed by atoms with Gasteiger partial charge in [0.05, 0.1) is 0 Å². The second-order valence-electron chi connectivity index (χ2n) is 9.34. The fraction of sp³-hybridized carbons (Fsp3) is 0.135. The molecule has 4 aromatic rings. The van der Waals surface area contributed by atoms with Gasteiger partial charge in [0.1, 0.15) is 54.8 Å². The quantitative estimate of drug-likeness (QED) is 0.202. The minimum atomic E-state index is -0.809. The number of benzene rings is 4. The second-order valence-corrected chi connectivity index (χ2v) is 9.34. The maximum absolute atomic E-state index is 6.28. The van der Waals surface area contributed by atoms with Gasteiger partial charge in [0.2, 0.25) is 0 Å². The molecule has 0 radical (unpaired) electrons. The summed E-state index contributed by atoms with van der Waals surface area (Å²) in [6.07, 6.45) is 22.4. The Balaban J connectivity index is 1.66. The van der Waals surface area contributed by atoms with Crippen molar-refractivity contribution in [2.45, 2.75) is 0 Å². The maximum Gasteiger partial charge on any atom is 0.120 e. The fourth-order valence-electron chi connectivity index (χ4n) is 3.90. The van der Waals surface area contributed by atoms with E-state index in [2.05, 4.69) is 23.7 Å². The summed E-state index contributed by atoms with van der Waals surface area (Å²) in [6, 6.07) is 29.3. The van der Waals surface area contributed by atoms with E-state index in [9.17, 15) is 0 Å². The maximum atomic E-state index is 6.28. The number of hydrogen-bond acceptors (Lipinski definition) is 4. The minimum Gasteiger partial charge on any atom is -0.493 e. The van der Waals surface area contributed by atoms with Gasteiger partial charge in [-0.3, -0.25) is 0 Å². The summed E-state index contributed by atoms with van der Waals surface area (Å²) in [6.45, 7) is 0.720. The molecule has 0 aliphatic heterocycles. The Hall–Kier alpha value is -5.68. The lowest BCUT2D eigenvalue weighted by Gasteiger charge is -2.33. The Morgan fingerprint density at radius 2 is 0.659 bits per heavy atom. The number of ether oxygens (including phenoxy) is 4. The van der Waals surface area contributed by atoms with E-state index in [-0.39, 0.29) is 26.4 Å². The third-order valence-corrected chi connectivity index (χ3v) is 6.18. The van der Waals surface area contributed by atoms with Crippen molar-refractivity contribution in [2.24, 2.45) is 5.41 Å². The number of terminal acetylenes is 4. The van der Waals surface area contributed by atoms with Gasteiger partial charge in [0.15, 0.2) is 0 Å². The van der Waals surface area contributed by atoms with Crippen LogP contribution < -0.4 is 18.9 Å². The number of hydrogen-bond donors (Lipinski definition) is 0. The van der Waals surface area contributed by atoms with Crippen LogP contribution in [0, 0.1) is 54.8 Å². The van der Waals surface area contributed by atoms with E-state index in [0.29, 0.717) is 45.3 Å². The Morgan fingerprint density at radius 1 is 0.415 bits per heavy atom. The molecule has 0 saturated carbocycles. The largest absolute Gasteiger partial charge is 0.493 e. The predicted molar refractivity (Wildman–Crippen MR) is 162 cm³/mol. The van der Waals surface area contributed by atoms with Crippen LogP contribution in [0.25, 0.3) is 0 Å². The smallest absolute Gasteiger partial charge is 0.120 e. The van der Waals surface area contributed by atoms with Gasteiger partial charge in [-0.05, 0) is 72.8 Å². The Labute approximate surface area is 242 Å². The van der Waals surface area contributed by atoms with Crippen LogP contribution in [0.1, 0.15) is 22.3 Å². The van der Waals surface area contributed by atoms with Crippen molar-refractivity contribution in [1.82, 2.24) is 0 Å². The van der Waals surface area contributed by atoms with Crippen LogP contribution in [-0.4, -0.2) is 26.4 Å². The summed E-state index contributed by atoms with van der Waals surface area (Å²) in [4.78, 5) is 0. The first-order chi connectivity index (χ1) is 20.0. The molecule has 0 fully saturated rings. The summed E-state index contributed by atoms with van der Waals surface area (Å²) in [5.41, 5.74) is 2.02. The molecular weight excluding hydrogens is 508 g/mol. The van der Waals surface area contributed by atoms with Gasteiger partial charge in [0, 0.05) is 22.3 Å². The van der Waals surface area contributed by atoms with Gasteiger partial charge in [-0.2, -0.15) is 0 Å². The fourth-order valence-corrected chi connectivity index (χ4v) is 3.90. The van der Waals surface area contributed by atoms with Crippen LogP contribution in [0.5, 0.6) is 23.0 Å². The van der Waals surface area contributed by atoms with Crippen molar-refractivity contribution in [3.8, 4) is 72.4 Å². The van der Waals surface area contributed by atoms with Gasteiger partial charge in [-0.15, -0.1) is 25.7 Å². The molecule has 0 unspecified atom stereocenters. The van der Waals surface area contributed by atoms with E-state index in [4.69, 9.17) is 44.6 Å². The minimum absolute atomic E-state index is 0.180. The van der Waals surface area contributed by atoms with E-state index in [1.807, 2.05) is 72.8 Å². The van der Waals surface area contributed by atoms with Crippen LogP contribution in [-0.2, 0) is 0 Å². The lowest BCUT2D eigenvalue weighted by Crippen LogP contribution is -2.45. The Morgan fingerprint density at radius 3 is 0.878 bits per heavy atom.